The van der Waals surface area contributed by atoms with Gasteiger partial charge in [0.2, 0.25) is 0 Å². The molecule has 0 amide bonds. The molecule has 0 bridgehead atoms. The topological polar surface area (TPSA) is 59.4 Å². The Morgan fingerprint density at radius 2 is 1.95 bits per heavy atom. The van der Waals surface area contributed by atoms with Crippen LogP contribution in [0.4, 0.5) is 0 Å². The van der Waals surface area contributed by atoms with E-state index in [4.69, 9.17) is 0 Å². The van der Waals surface area contributed by atoms with Crippen LogP contribution in [0.5, 0.6) is 0 Å². The lowest BCUT2D eigenvalue weighted by Gasteiger charge is -2.31. The maximum absolute atomic E-state index is 12.5. The first-order valence-electron chi connectivity index (χ1n) is 7.19. The number of piperidine rings is 1. The molecular weight excluding hydrogens is 320 g/mol. The number of aryl methyl sites for hydroxylation is 1. The molecule has 0 aromatic carbocycles. The number of hydrogen-bond donors (Lipinski definition) is 0. The summed E-state index contributed by atoms with van der Waals surface area (Å²) in [5, 5.41) is 1.78. The predicted octanol–water partition coefficient (Wildman–Crippen LogP) is 2.02. The van der Waals surface area contributed by atoms with Crippen LogP contribution in [0.25, 0.3) is 0 Å². The van der Waals surface area contributed by atoms with Crippen LogP contribution >= 0.6 is 11.3 Å². The zero-order valence-electron chi connectivity index (χ0n) is 12.3. The highest BCUT2D eigenvalue weighted by Gasteiger charge is 2.30. The molecule has 3 rings (SSSR count). The van der Waals surface area contributed by atoms with Crippen LogP contribution in [-0.4, -0.2) is 30.4 Å². The number of pyridine rings is 1. The van der Waals surface area contributed by atoms with Crippen molar-refractivity contribution < 1.29 is 8.42 Å². The van der Waals surface area contributed by atoms with Crippen molar-refractivity contribution >= 4 is 21.4 Å². The Labute approximate surface area is 133 Å². The largest absolute Gasteiger partial charge is 0.319 e. The molecule has 2 aromatic heterocycles. The molecule has 0 saturated carbocycles. The van der Waals surface area contributed by atoms with Crippen LogP contribution in [0.2, 0.25) is 0 Å². The van der Waals surface area contributed by atoms with Crippen molar-refractivity contribution in [3.63, 3.8) is 0 Å². The fourth-order valence-corrected chi connectivity index (χ4v) is 5.40. The van der Waals surface area contributed by atoms with Crippen LogP contribution in [0.3, 0.4) is 0 Å². The summed E-state index contributed by atoms with van der Waals surface area (Å²) < 4.78 is 28.4. The van der Waals surface area contributed by atoms with Gasteiger partial charge in [-0.1, -0.05) is 6.07 Å². The van der Waals surface area contributed by atoms with Crippen LogP contribution in [-0.2, 0) is 17.1 Å². The Bertz CT molecular complexity index is 802. The Morgan fingerprint density at radius 1 is 1.23 bits per heavy atom. The van der Waals surface area contributed by atoms with E-state index < -0.39 is 10.0 Å². The Morgan fingerprint density at radius 3 is 2.55 bits per heavy atom. The van der Waals surface area contributed by atoms with Crippen molar-refractivity contribution in [2.75, 3.05) is 13.1 Å². The molecule has 3 heterocycles. The van der Waals surface area contributed by atoms with Gasteiger partial charge in [-0.3, -0.25) is 4.79 Å². The molecule has 0 N–H and O–H groups in total. The third kappa shape index (κ3) is 2.88. The van der Waals surface area contributed by atoms with E-state index in [9.17, 15) is 13.2 Å². The molecule has 7 heteroatoms. The molecule has 0 atom stereocenters. The summed E-state index contributed by atoms with van der Waals surface area (Å²) in [7, 11) is -1.63. The van der Waals surface area contributed by atoms with Crippen molar-refractivity contribution in [3.05, 3.63) is 51.8 Å². The second-order valence-electron chi connectivity index (χ2n) is 5.52. The Hall–Kier alpha value is -1.44. The van der Waals surface area contributed by atoms with Crippen LogP contribution in [0.1, 0.15) is 24.3 Å². The first-order chi connectivity index (χ1) is 10.5. The number of hydrogen-bond acceptors (Lipinski definition) is 4. The summed E-state index contributed by atoms with van der Waals surface area (Å²) in [6.45, 7) is 1.00. The minimum absolute atomic E-state index is 0.0221. The minimum atomic E-state index is -3.35. The quantitative estimate of drug-likeness (QED) is 0.860. The summed E-state index contributed by atoms with van der Waals surface area (Å²) in [4.78, 5) is 11.7. The highest BCUT2D eigenvalue weighted by molar-refractivity contribution is 7.91. The van der Waals surface area contributed by atoms with E-state index >= 15 is 0 Å². The van der Waals surface area contributed by atoms with Gasteiger partial charge in [0.05, 0.1) is 0 Å². The van der Waals surface area contributed by atoms with Gasteiger partial charge in [-0.25, -0.2) is 8.42 Å². The minimum Gasteiger partial charge on any atom is -0.319 e. The number of sulfonamides is 1. The van der Waals surface area contributed by atoms with Gasteiger partial charge < -0.3 is 4.57 Å². The molecule has 1 fully saturated rings. The van der Waals surface area contributed by atoms with E-state index in [1.807, 2.05) is 6.07 Å². The number of thiophene rings is 1. The standard InChI is InChI=1S/C15H18N2O3S2/c1-16-7-4-13(11-14(16)18)12-5-8-17(9-6-12)22(19,20)15-3-2-10-21-15/h2-4,7,10-12H,5-6,8-9H2,1H3. The third-order valence-electron chi connectivity index (χ3n) is 4.14. The summed E-state index contributed by atoms with van der Waals surface area (Å²) in [6.07, 6.45) is 3.27. The fraction of sp³-hybridized carbons (Fsp3) is 0.400. The second-order valence-corrected chi connectivity index (χ2v) is 8.63. The third-order valence-corrected chi connectivity index (χ3v) is 7.41. The van der Waals surface area contributed by atoms with Gasteiger partial charge in [0.25, 0.3) is 15.6 Å². The van der Waals surface area contributed by atoms with Gasteiger partial charge in [-0.05, 0) is 41.8 Å². The molecule has 0 radical (unpaired) electrons. The Balaban J connectivity index is 1.73. The second kappa shape index (κ2) is 5.98. The zero-order chi connectivity index (χ0) is 15.7. The van der Waals surface area contributed by atoms with Gasteiger partial charge in [0.1, 0.15) is 4.21 Å². The molecule has 1 saturated heterocycles. The van der Waals surface area contributed by atoms with Gasteiger partial charge in [-0.15, -0.1) is 11.3 Å². The molecule has 1 aliphatic heterocycles. The van der Waals surface area contributed by atoms with Crippen molar-refractivity contribution in [2.45, 2.75) is 23.0 Å². The molecule has 22 heavy (non-hydrogen) atoms. The molecule has 0 aliphatic carbocycles. The monoisotopic (exact) mass is 338 g/mol. The number of nitrogens with zero attached hydrogens (tertiary/aromatic N) is 2. The first-order valence-corrected chi connectivity index (χ1v) is 9.51. The smallest absolute Gasteiger partial charge is 0.252 e. The molecular formula is C15H18N2O3S2. The van der Waals surface area contributed by atoms with E-state index in [1.165, 1.54) is 11.3 Å². The van der Waals surface area contributed by atoms with Crippen molar-refractivity contribution in [3.8, 4) is 0 Å². The average molecular weight is 338 g/mol. The number of aromatic nitrogens is 1. The summed E-state index contributed by atoms with van der Waals surface area (Å²) in [5.74, 6) is 0.253. The van der Waals surface area contributed by atoms with Gasteiger partial charge in [-0.2, -0.15) is 4.31 Å². The summed E-state index contributed by atoms with van der Waals surface area (Å²) in [5.41, 5.74) is 0.988. The molecule has 1 aliphatic rings. The van der Waals surface area contributed by atoms with Crippen LogP contribution < -0.4 is 5.56 Å². The first kappa shape index (κ1) is 15.5. The normalized spacial score (nSPS) is 17.7. The lowest BCUT2D eigenvalue weighted by molar-refractivity contribution is 0.320. The van der Waals surface area contributed by atoms with E-state index in [-0.39, 0.29) is 11.5 Å². The summed E-state index contributed by atoms with van der Waals surface area (Å²) in [6, 6.07) is 7.01. The van der Waals surface area contributed by atoms with Gasteiger partial charge in [0, 0.05) is 32.4 Å². The molecule has 2 aromatic rings. The SMILES string of the molecule is Cn1ccc(C2CCN(S(=O)(=O)c3cccs3)CC2)cc1=O. The van der Waals surface area contributed by atoms with Gasteiger partial charge in [0.15, 0.2) is 0 Å². The van der Waals surface area contributed by atoms with E-state index in [0.29, 0.717) is 17.3 Å². The zero-order valence-corrected chi connectivity index (χ0v) is 13.9. The highest BCUT2D eigenvalue weighted by Crippen LogP contribution is 2.31. The van der Waals surface area contributed by atoms with E-state index in [0.717, 1.165) is 18.4 Å². The molecule has 0 unspecified atom stereocenters. The lowest BCUT2D eigenvalue weighted by atomic mass is 9.91. The van der Waals surface area contributed by atoms with E-state index in [2.05, 4.69) is 0 Å². The van der Waals surface area contributed by atoms with Gasteiger partial charge >= 0.3 is 0 Å². The highest BCUT2D eigenvalue weighted by atomic mass is 32.2. The maximum atomic E-state index is 12.5. The molecule has 5 nitrogen and oxygen atoms in total. The molecule has 0 spiro atoms. The maximum Gasteiger partial charge on any atom is 0.252 e. The lowest BCUT2D eigenvalue weighted by Crippen LogP contribution is -2.37. The van der Waals surface area contributed by atoms with Crippen molar-refractivity contribution in [2.24, 2.45) is 7.05 Å². The van der Waals surface area contributed by atoms with Crippen molar-refractivity contribution in [1.82, 2.24) is 8.87 Å². The van der Waals surface area contributed by atoms with Crippen LogP contribution in [0.15, 0.2) is 44.8 Å². The van der Waals surface area contributed by atoms with E-state index in [1.54, 1.807) is 45.7 Å². The average Bonchev–Trinajstić information content (AvgIpc) is 3.05. The van der Waals surface area contributed by atoms with Crippen molar-refractivity contribution in [1.29, 1.82) is 0 Å². The number of rotatable bonds is 3. The van der Waals surface area contributed by atoms with Crippen LogP contribution in [0, 0.1) is 0 Å². The molecule has 118 valence electrons. The fourth-order valence-electron chi connectivity index (χ4n) is 2.78. The summed E-state index contributed by atoms with van der Waals surface area (Å²) >= 11 is 1.25. The predicted molar refractivity (Wildman–Crippen MR) is 86.7 cm³/mol. The Kier molecular flexibility index (Phi) is 4.20.